The number of nitrogens with one attached hydrogen (secondary N) is 1. The minimum Gasteiger partial charge on any atom is -0.395 e. The van der Waals surface area contributed by atoms with Crippen LogP contribution in [0.1, 0.15) is 25.8 Å². The van der Waals surface area contributed by atoms with Crippen LogP contribution in [0.2, 0.25) is 5.02 Å². The van der Waals surface area contributed by atoms with Crippen molar-refractivity contribution >= 4 is 23.4 Å². The molecule has 116 valence electrons. The predicted octanol–water partition coefficient (Wildman–Crippen LogP) is 1.58. The molecule has 0 saturated carbocycles. The minimum atomic E-state index is -0.598. The molecule has 0 bridgehead atoms. The summed E-state index contributed by atoms with van der Waals surface area (Å²) in [5, 5.41) is 12.0. The van der Waals surface area contributed by atoms with E-state index < -0.39 is 6.04 Å². The van der Waals surface area contributed by atoms with E-state index in [0.717, 1.165) is 5.56 Å². The van der Waals surface area contributed by atoms with Gasteiger partial charge < -0.3 is 15.3 Å². The highest BCUT2D eigenvalue weighted by molar-refractivity contribution is 6.30. The standard InChI is InChI=1S/C15H21ClN2O3/c1-3-14(20)18(11(2)15(21)17-8-9-19)10-12-4-6-13(16)7-5-12/h4-7,11,19H,3,8-10H2,1-2H3,(H,17,21). The molecule has 6 heteroatoms. The van der Waals surface area contributed by atoms with E-state index >= 15 is 0 Å². The average molecular weight is 313 g/mol. The number of hydrogen-bond donors (Lipinski definition) is 2. The van der Waals surface area contributed by atoms with Crippen LogP contribution in [0.15, 0.2) is 24.3 Å². The molecule has 2 N–H and O–H groups in total. The van der Waals surface area contributed by atoms with Gasteiger partial charge in [0, 0.05) is 24.5 Å². The SMILES string of the molecule is CCC(=O)N(Cc1ccc(Cl)cc1)C(C)C(=O)NCCO. The second-order valence-corrected chi connectivity index (χ2v) is 5.13. The van der Waals surface area contributed by atoms with Crippen molar-refractivity contribution in [1.29, 1.82) is 0 Å². The molecule has 0 radical (unpaired) electrons. The molecule has 1 rings (SSSR count). The lowest BCUT2D eigenvalue weighted by Gasteiger charge is -2.28. The van der Waals surface area contributed by atoms with Crippen molar-refractivity contribution in [2.75, 3.05) is 13.2 Å². The molecule has 0 spiro atoms. The number of carbonyl (C=O) groups is 2. The third-order valence-electron chi connectivity index (χ3n) is 3.15. The summed E-state index contributed by atoms with van der Waals surface area (Å²) in [6, 6.07) is 6.57. The van der Waals surface area contributed by atoms with Crippen LogP contribution in [0.4, 0.5) is 0 Å². The number of hydrogen-bond acceptors (Lipinski definition) is 3. The van der Waals surface area contributed by atoms with Gasteiger partial charge in [-0.15, -0.1) is 0 Å². The van der Waals surface area contributed by atoms with Gasteiger partial charge in [0.05, 0.1) is 6.61 Å². The molecule has 0 saturated heterocycles. The molecule has 0 fully saturated rings. The van der Waals surface area contributed by atoms with E-state index in [-0.39, 0.29) is 25.0 Å². The van der Waals surface area contributed by atoms with Crippen LogP contribution in [-0.2, 0) is 16.1 Å². The van der Waals surface area contributed by atoms with Gasteiger partial charge >= 0.3 is 0 Å². The summed E-state index contributed by atoms with van der Waals surface area (Å²) in [7, 11) is 0. The van der Waals surface area contributed by atoms with Crippen LogP contribution in [0, 0.1) is 0 Å². The van der Waals surface area contributed by atoms with Gasteiger partial charge in [-0.2, -0.15) is 0 Å². The van der Waals surface area contributed by atoms with Gasteiger partial charge in [0.25, 0.3) is 0 Å². The molecule has 0 aliphatic heterocycles. The van der Waals surface area contributed by atoms with Gasteiger partial charge in [0.15, 0.2) is 0 Å². The van der Waals surface area contributed by atoms with Gasteiger partial charge in [-0.1, -0.05) is 30.7 Å². The lowest BCUT2D eigenvalue weighted by atomic mass is 10.1. The summed E-state index contributed by atoms with van der Waals surface area (Å²) < 4.78 is 0. The molecule has 1 atom stereocenters. The smallest absolute Gasteiger partial charge is 0.242 e. The Bertz CT molecular complexity index is 476. The lowest BCUT2D eigenvalue weighted by molar-refractivity contribution is -0.140. The maximum absolute atomic E-state index is 12.1. The number of carbonyl (C=O) groups excluding carboxylic acids is 2. The van der Waals surface area contributed by atoms with E-state index in [1.54, 1.807) is 26.0 Å². The summed E-state index contributed by atoms with van der Waals surface area (Å²) in [6.07, 6.45) is 0.325. The van der Waals surface area contributed by atoms with E-state index in [9.17, 15) is 9.59 Å². The molecule has 0 heterocycles. The molecule has 0 aromatic heterocycles. The molecule has 21 heavy (non-hydrogen) atoms. The zero-order chi connectivity index (χ0) is 15.8. The fourth-order valence-corrected chi connectivity index (χ4v) is 2.03. The van der Waals surface area contributed by atoms with Crippen LogP contribution in [0.5, 0.6) is 0 Å². The number of amides is 2. The summed E-state index contributed by atoms with van der Waals surface area (Å²) >= 11 is 5.84. The Balaban J connectivity index is 2.82. The highest BCUT2D eigenvalue weighted by Gasteiger charge is 2.24. The van der Waals surface area contributed by atoms with Crippen molar-refractivity contribution in [2.45, 2.75) is 32.9 Å². The Labute approximate surface area is 129 Å². The second kappa shape index (κ2) is 8.64. The van der Waals surface area contributed by atoms with Gasteiger partial charge in [0.1, 0.15) is 6.04 Å². The number of rotatable bonds is 7. The monoisotopic (exact) mass is 312 g/mol. The Kier molecular flexibility index (Phi) is 7.19. The maximum atomic E-state index is 12.1. The maximum Gasteiger partial charge on any atom is 0.242 e. The first kappa shape index (κ1) is 17.5. The summed E-state index contributed by atoms with van der Waals surface area (Å²) in [5.41, 5.74) is 0.906. The fraction of sp³-hybridized carbons (Fsp3) is 0.467. The Hall–Kier alpha value is -1.59. The van der Waals surface area contributed by atoms with Gasteiger partial charge in [-0.25, -0.2) is 0 Å². The van der Waals surface area contributed by atoms with Crippen molar-refractivity contribution in [3.8, 4) is 0 Å². The Morgan fingerprint density at radius 1 is 1.33 bits per heavy atom. The first-order chi connectivity index (χ1) is 9.99. The van der Waals surface area contributed by atoms with Crippen molar-refractivity contribution in [3.63, 3.8) is 0 Å². The number of benzene rings is 1. The topological polar surface area (TPSA) is 69.6 Å². The molecule has 5 nitrogen and oxygen atoms in total. The van der Waals surface area contributed by atoms with Crippen LogP contribution < -0.4 is 5.32 Å². The minimum absolute atomic E-state index is 0.100. The van der Waals surface area contributed by atoms with Crippen molar-refractivity contribution in [2.24, 2.45) is 0 Å². The molecule has 0 aliphatic rings. The Morgan fingerprint density at radius 3 is 2.48 bits per heavy atom. The second-order valence-electron chi connectivity index (χ2n) is 4.69. The summed E-state index contributed by atoms with van der Waals surface area (Å²) in [5.74, 6) is -0.378. The molecule has 0 aliphatic carbocycles. The van der Waals surface area contributed by atoms with Gasteiger partial charge in [0.2, 0.25) is 11.8 Å². The van der Waals surface area contributed by atoms with Crippen molar-refractivity contribution in [1.82, 2.24) is 10.2 Å². The molecular weight excluding hydrogens is 292 g/mol. The molecular formula is C15H21ClN2O3. The van der Waals surface area contributed by atoms with Crippen molar-refractivity contribution in [3.05, 3.63) is 34.9 Å². The largest absolute Gasteiger partial charge is 0.395 e. The number of aliphatic hydroxyl groups is 1. The first-order valence-electron chi connectivity index (χ1n) is 6.92. The highest BCUT2D eigenvalue weighted by Crippen LogP contribution is 2.14. The van der Waals surface area contributed by atoms with E-state index in [4.69, 9.17) is 16.7 Å². The lowest BCUT2D eigenvalue weighted by Crippen LogP contribution is -2.47. The molecule has 1 unspecified atom stereocenters. The average Bonchev–Trinajstić information content (AvgIpc) is 2.50. The summed E-state index contributed by atoms with van der Waals surface area (Å²) in [4.78, 5) is 25.6. The van der Waals surface area contributed by atoms with Crippen LogP contribution >= 0.6 is 11.6 Å². The third-order valence-corrected chi connectivity index (χ3v) is 3.40. The normalized spacial score (nSPS) is 11.8. The Morgan fingerprint density at radius 2 is 1.95 bits per heavy atom. The van der Waals surface area contributed by atoms with E-state index in [0.29, 0.717) is 18.0 Å². The van der Waals surface area contributed by atoms with Crippen LogP contribution in [0.3, 0.4) is 0 Å². The zero-order valence-corrected chi connectivity index (χ0v) is 13.1. The van der Waals surface area contributed by atoms with E-state index in [1.165, 1.54) is 4.90 Å². The number of aliphatic hydroxyl groups excluding tert-OH is 1. The van der Waals surface area contributed by atoms with Gasteiger partial charge in [-0.05, 0) is 24.6 Å². The predicted molar refractivity (Wildman–Crippen MR) is 81.9 cm³/mol. The van der Waals surface area contributed by atoms with Crippen LogP contribution in [0.25, 0.3) is 0 Å². The molecule has 2 amide bonds. The highest BCUT2D eigenvalue weighted by atomic mass is 35.5. The quantitative estimate of drug-likeness (QED) is 0.803. The van der Waals surface area contributed by atoms with Crippen LogP contribution in [-0.4, -0.2) is 41.0 Å². The third kappa shape index (κ3) is 5.36. The van der Waals surface area contributed by atoms with Crippen molar-refractivity contribution < 1.29 is 14.7 Å². The first-order valence-corrected chi connectivity index (χ1v) is 7.29. The molecule has 1 aromatic carbocycles. The fourth-order valence-electron chi connectivity index (χ4n) is 1.90. The zero-order valence-electron chi connectivity index (χ0n) is 12.3. The van der Waals surface area contributed by atoms with Gasteiger partial charge in [-0.3, -0.25) is 9.59 Å². The molecule has 1 aromatic rings. The van der Waals surface area contributed by atoms with E-state index in [1.807, 2.05) is 12.1 Å². The number of halogens is 1. The van der Waals surface area contributed by atoms with E-state index in [2.05, 4.69) is 5.32 Å². The summed E-state index contributed by atoms with van der Waals surface area (Å²) in [6.45, 7) is 3.83. The number of nitrogens with zero attached hydrogens (tertiary/aromatic N) is 1.